The number of benzene rings is 2. The fourth-order valence-corrected chi connectivity index (χ4v) is 5.06. The Morgan fingerprint density at radius 3 is 2.24 bits per heavy atom. The molecule has 3 aliphatic rings. The first-order valence-corrected chi connectivity index (χ1v) is 11.3. The van der Waals surface area contributed by atoms with Crippen molar-refractivity contribution in [3.05, 3.63) is 59.7 Å². The van der Waals surface area contributed by atoms with Gasteiger partial charge in [0.25, 0.3) is 0 Å². The predicted molar refractivity (Wildman–Crippen MR) is 119 cm³/mol. The average molecular weight is 450 g/mol. The van der Waals surface area contributed by atoms with Gasteiger partial charge in [-0.25, -0.2) is 9.59 Å². The van der Waals surface area contributed by atoms with Gasteiger partial charge in [0.2, 0.25) is 5.91 Å². The SMILES string of the molecule is O=C(NC1(C(=O)NC2CCOC2C(=O)O)CCC1)OCC1c2ccccc2-c2ccccc21. The number of nitrogens with one attached hydrogen (secondary N) is 2. The summed E-state index contributed by atoms with van der Waals surface area (Å²) in [6.45, 7) is 0.434. The molecule has 1 aliphatic heterocycles. The summed E-state index contributed by atoms with van der Waals surface area (Å²) in [5.74, 6) is -1.56. The predicted octanol–water partition coefficient (Wildman–Crippen LogP) is 2.81. The van der Waals surface area contributed by atoms with Crippen molar-refractivity contribution in [2.75, 3.05) is 13.2 Å². The summed E-state index contributed by atoms with van der Waals surface area (Å²) < 4.78 is 10.8. The van der Waals surface area contributed by atoms with Gasteiger partial charge in [0.15, 0.2) is 6.10 Å². The third kappa shape index (κ3) is 3.84. The summed E-state index contributed by atoms with van der Waals surface area (Å²) in [4.78, 5) is 37.0. The van der Waals surface area contributed by atoms with E-state index in [2.05, 4.69) is 22.8 Å². The molecule has 2 aromatic carbocycles. The lowest BCUT2D eigenvalue weighted by Gasteiger charge is -2.41. The smallest absolute Gasteiger partial charge is 0.408 e. The maximum Gasteiger partial charge on any atom is 0.408 e. The fraction of sp³-hybridized carbons (Fsp3) is 0.400. The van der Waals surface area contributed by atoms with E-state index in [9.17, 15) is 19.5 Å². The van der Waals surface area contributed by atoms with Crippen LogP contribution >= 0.6 is 0 Å². The number of carboxylic acids is 1. The monoisotopic (exact) mass is 450 g/mol. The lowest BCUT2D eigenvalue weighted by atomic mass is 9.76. The lowest BCUT2D eigenvalue weighted by molar-refractivity contribution is -0.148. The summed E-state index contributed by atoms with van der Waals surface area (Å²) >= 11 is 0. The molecule has 2 amide bonds. The van der Waals surface area contributed by atoms with E-state index in [1.807, 2.05) is 36.4 Å². The molecule has 2 atom stereocenters. The second-order valence-electron chi connectivity index (χ2n) is 8.88. The third-order valence-corrected chi connectivity index (χ3v) is 6.98. The van der Waals surface area contributed by atoms with E-state index in [-0.39, 0.29) is 25.0 Å². The lowest BCUT2D eigenvalue weighted by Crippen LogP contribution is -2.65. The van der Waals surface area contributed by atoms with Gasteiger partial charge >= 0.3 is 12.1 Å². The highest BCUT2D eigenvalue weighted by Crippen LogP contribution is 2.44. The molecule has 8 heteroatoms. The third-order valence-electron chi connectivity index (χ3n) is 6.98. The molecule has 2 unspecified atom stereocenters. The zero-order valence-corrected chi connectivity index (χ0v) is 18.1. The van der Waals surface area contributed by atoms with Crippen molar-refractivity contribution in [1.29, 1.82) is 0 Å². The van der Waals surface area contributed by atoms with E-state index < -0.39 is 29.7 Å². The van der Waals surface area contributed by atoms with Crippen molar-refractivity contribution < 1.29 is 29.0 Å². The Bertz CT molecular complexity index is 1050. The van der Waals surface area contributed by atoms with Crippen molar-refractivity contribution in [2.24, 2.45) is 0 Å². The summed E-state index contributed by atoms with van der Waals surface area (Å²) in [5.41, 5.74) is 3.44. The summed E-state index contributed by atoms with van der Waals surface area (Å²) in [7, 11) is 0. The molecule has 2 aliphatic carbocycles. The Balaban J connectivity index is 1.23. The van der Waals surface area contributed by atoms with Gasteiger partial charge in [-0.1, -0.05) is 48.5 Å². The second-order valence-corrected chi connectivity index (χ2v) is 8.88. The number of alkyl carbamates (subject to hydrolysis) is 1. The van der Waals surface area contributed by atoms with Gasteiger partial charge in [-0.3, -0.25) is 4.79 Å². The van der Waals surface area contributed by atoms with Crippen LogP contribution in [-0.2, 0) is 19.1 Å². The fourth-order valence-electron chi connectivity index (χ4n) is 5.06. The number of carbonyl (C=O) groups excluding carboxylic acids is 2. The molecule has 2 fully saturated rings. The number of rotatable bonds is 6. The highest BCUT2D eigenvalue weighted by molar-refractivity contribution is 5.91. The van der Waals surface area contributed by atoms with E-state index in [0.29, 0.717) is 19.3 Å². The molecule has 1 saturated carbocycles. The van der Waals surface area contributed by atoms with Crippen molar-refractivity contribution in [1.82, 2.24) is 10.6 Å². The maximum absolute atomic E-state index is 13.0. The van der Waals surface area contributed by atoms with Crippen LogP contribution in [0.15, 0.2) is 48.5 Å². The quantitative estimate of drug-likeness (QED) is 0.624. The number of hydrogen-bond acceptors (Lipinski definition) is 5. The van der Waals surface area contributed by atoms with E-state index in [4.69, 9.17) is 9.47 Å². The first-order chi connectivity index (χ1) is 16.0. The molecule has 8 nitrogen and oxygen atoms in total. The Morgan fingerprint density at radius 2 is 1.67 bits per heavy atom. The molecular formula is C25H26N2O6. The minimum atomic E-state index is -1.11. The van der Waals surface area contributed by atoms with Crippen LogP contribution in [-0.4, -0.2) is 54.0 Å². The van der Waals surface area contributed by atoms with Crippen molar-refractivity contribution >= 4 is 18.0 Å². The van der Waals surface area contributed by atoms with Gasteiger partial charge in [0.1, 0.15) is 12.1 Å². The van der Waals surface area contributed by atoms with E-state index >= 15 is 0 Å². The van der Waals surface area contributed by atoms with Crippen molar-refractivity contribution in [3.63, 3.8) is 0 Å². The van der Waals surface area contributed by atoms with Crippen LogP contribution in [0.25, 0.3) is 11.1 Å². The Hall–Kier alpha value is -3.39. The number of hydrogen-bond donors (Lipinski definition) is 3. The molecule has 5 rings (SSSR count). The molecule has 172 valence electrons. The van der Waals surface area contributed by atoms with Crippen LogP contribution in [0.4, 0.5) is 4.79 Å². The first kappa shape index (κ1) is 21.5. The van der Waals surface area contributed by atoms with Gasteiger partial charge < -0.3 is 25.2 Å². The molecule has 0 bridgehead atoms. The second kappa shape index (κ2) is 8.51. The van der Waals surface area contributed by atoms with Crippen LogP contribution in [0.5, 0.6) is 0 Å². The Kier molecular flexibility index (Phi) is 5.54. The topological polar surface area (TPSA) is 114 Å². The highest BCUT2D eigenvalue weighted by atomic mass is 16.5. The van der Waals surface area contributed by atoms with Crippen molar-refractivity contribution in [3.8, 4) is 11.1 Å². The number of aliphatic carboxylic acids is 1. The zero-order chi connectivity index (χ0) is 23.0. The summed E-state index contributed by atoms with van der Waals surface area (Å²) in [6, 6.07) is 15.6. The molecule has 0 spiro atoms. The van der Waals surface area contributed by atoms with Gasteiger partial charge in [0.05, 0.1) is 6.04 Å². The number of amides is 2. The van der Waals surface area contributed by atoms with E-state index in [1.165, 1.54) is 0 Å². The van der Waals surface area contributed by atoms with Crippen LogP contribution in [0.1, 0.15) is 42.7 Å². The zero-order valence-electron chi connectivity index (χ0n) is 18.1. The van der Waals surface area contributed by atoms with Gasteiger partial charge in [-0.05, 0) is 47.9 Å². The molecule has 2 aromatic rings. The minimum Gasteiger partial charge on any atom is -0.479 e. The van der Waals surface area contributed by atoms with Crippen molar-refractivity contribution in [2.45, 2.75) is 49.3 Å². The molecule has 0 aromatic heterocycles. The largest absolute Gasteiger partial charge is 0.479 e. The Labute approximate surface area is 191 Å². The number of carboxylic acid groups (broad SMARTS) is 1. The molecule has 3 N–H and O–H groups in total. The van der Waals surface area contributed by atoms with Gasteiger partial charge in [-0.15, -0.1) is 0 Å². The molecule has 33 heavy (non-hydrogen) atoms. The maximum atomic E-state index is 13.0. The standard InChI is InChI=1S/C25H26N2O6/c28-22(29)21-20(10-13-32-21)26-23(30)25(11-5-12-25)27-24(31)33-14-19-17-8-3-1-6-15(17)16-7-2-4-9-18(16)19/h1-4,6-9,19-21H,5,10-14H2,(H,26,30)(H,27,31)(H,28,29). The normalized spacial score (nSPS) is 22.5. The summed E-state index contributed by atoms with van der Waals surface area (Å²) in [6.07, 6.45) is 0.456. The highest BCUT2D eigenvalue weighted by Gasteiger charge is 2.48. The van der Waals surface area contributed by atoms with E-state index in [1.54, 1.807) is 0 Å². The first-order valence-electron chi connectivity index (χ1n) is 11.3. The molecule has 0 radical (unpaired) electrons. The van der Waals surface area contributed by atoms with E-state index in [0.717, 1.165) is 28.7 Å². The average Bonchev–Trinajstić information content (AvgIpc) is 3.37. The molecule has 1 heterocycles. The number of fused-ring (bicyclic) bond motifs is 3. The molecule has 1 saturated heterocycles. The van der Waals surface area contributed by atoms with Crippen LogP contribution < -0.4 is 10.6 Å². The Morgan fingerprint density at radius 1 is 1.03 bits per heavy atom. The summed E-state index contributed by atoms with van der Waals surface area (Å²) in [5, 5.41) is 14.8. The molecular weight excluding hydrogens is 424 g/mol. The minimum absolute atomic E-state index is 0.0683. The number of carbonyl (C=O) groups is 3. The van der Waals surface area contributed by atoms with Gasteiger partial charge in [0, 0.05) is 12.5 Å². The van der Waals surface area contributed by atoms with Crippen LogP contribution in [0.3, 0.4) is 0 Å². The van der Waals surface area contributed by atoms with Crippen LogP contribution in [0.2, 0.25) is 0 Å². The number of ether oxygens (including phenoxy) is 2. The van der Waals surface area contributed by atoms with Gasteiger partial charge in [-0.2, -0.15) is 0 Å². The van der Waals surface area contributed by atoms with Crippen LogP contribution in [0, 0.1) is 0 Å².